The zero-order valence-corrected chi connectivity index (χ0v) is 9.88. The van der Waals surface area contributed by atoms with Crippen LogP contribution in [-0.4, -0.2) is 19.3 Å². The van der Waals surface area contributed by atoms with Crippen molar-refractivity contribution in [3.8, 4) is 0 Å². The van der Waals surface area contributed by atoms with E-state index in [2.05, 4.69) is 13.8 Å². The van der Waals surface area contributed by atoms with E-state index in [0.29, 0.717) is 12.5 Å². The Morgan fingerprint density at radius 3 is 2.21 bits per heavy atom. The van der Waals surface area contributed by atoms with E-state index < -0.39 is 0 Å². The van der Waals surface area contributed by atoms with Crippen LogP contribution in [0.3, 0.4) is 0 Å². The van der Waals surface area contributed by atoms with Crippen molar-refractivity contribution in [2.24, 2.45) is 17.6 Å². The second kappa shape index (κ2) is 5.13. The van der Waals surface area contributed by atoms with Gasteiger partial charge < -0.3 is 10.5 Å². The number of hydrogen-bond donors (Lipinski definition) is 1. The van der Waals surface area contributed by atoms with E-state index in [1.807, 2.05) is 0 Å². The van der Waals surface area contributed by atoms with Crippen molar-refractivity contribution in [1.29, 1.82) is 0 Å². The highest BCUT2D eigenvalue weighted by Crippen LogP contribution is 2.37. The predicted molar refractivity (Wildman–Crippen MR) is 60.2 cm³/mol. The van der Waals surface area contributed by atoms with Crippen molar-refractivity contribution >= 4 is 0 Å². The highest BCUT2D eigenvalue weighted by atomic mass is 16.5. The second-order valence-electron chi connectivity index (χ2n) is 4.85. The second-order valence-corrected chi connectivity index (χ2v) is 4.85. The van der Waals surface area contributed by atoms with Crippen molar-refractivity contribution in [2.45, 2.75) is 51.6 Å². The monoisotopic (exact) mass is 199 g/mol. The molecule has 1 aliphatic rings. The number of methoxy groups -OCH3 is 1. The molecule has 0 amide bonds. The Labute approximate surface area is 88.2 Å². The molecule has 2 heteroatoms. The standard InChI is InChI=1S/C12H25NO/c1-4-10-5-7-11(8-6-10)12(2,9-13)14-3/h10-11H,4-9,13H2,1-3H3. The van der Waals surface area contributed by atoms with Crippen LogP contribution in [-0.2, 0) is 4.74 Å². The highest BCUT2D eigenvalue weighted by molar-refractivity contribution is 4.88. The van der Waals surface area contributed by atoms with Gasteiger partial charge in [0, 0.05) is 13.7 Å². The molecule has 0 aromatic heterocycles. The van der Waals surface area contributed by atoms with Gasteiger partial charge in [0.05, 0.1) is 5.60 Å². The van der Waals surface area contributed by atoms with Crippen molar-refractivity contribution in [2.75, 3.05) is 13.7 Å². The van der Waals surface area contributed by atoms with Gasteiger partial charge in [-0.25, -0.2) is 0 Å². The molecule has 1 unspecified atom stereocenters. The van der Waals surface area contributed by atoms with Gasteiger partial charge in [-0.2, -0.15) is 0 Å². The SMILES string of the molecule is CCC1CCC(C(C)(CN)OC)CC1. The van der Waals surface area contributed by atoms with Gasteiger partial charge in [0.2, 0.25) is 0 Å². The third-order valence-electron chi connectivity index (χ3n) is 4.16. The summed E-state index contributed by atoms with van der Waals surface area (Å²) in [5, 5.41) is 0. The summed E-state index contributed by atoms with van der Waals surface area (Å²) >= 11 is 0. The van der Waals surface area contributed by atoms with Gasteiger partial charge in [-0.15, -0.1) is 0 Å². The lowest BCUT2D eigenvalue weighted by Gasteiger charge is -2.39. The summed E-state index contributed by atoms with van der Waals surface area (Å²) in [5.74, 6) is 1.62. The lowest BCUT2D eigenvalue weighted by atomic mass is 9.73. The molecule has 1 fully saturated rings. The van der Waals surface area contributed by atoms with Crippen LogP contribution >= 0.6 is 0 Å². The van der Waals surface area contributed by atoms with E-state index >= 15 is 0 Å². The molecule has 2 nitrogen and oxygen atoms in total. The summed E-state index contributed by atoms with van der Waals surface area (Å²) in [6.45, 7) is 5.10. The minimum Gasteiger partial charge on any atom is -0.377 e. The number of ether oxygens (including phenoxy) is 1. The molecule has 1 saturated carbocycles. The lowest BCUT2D eigenvalue weighted by Crippen LogP contribution is -2.45. The Balaban J connectivity index is 2.47. The molecule has 0 heterocycles. The maximum atomic E-state index is 5.79. The van der Waals surface area contributed by atoms with Gasteiger partial charge in [-0.05, 0) is 31.6 Å². The van der Waals surface area contributed by atoms with Gasteiger partial charge >= 0.3 is 0 Å². The maximum Gasteiger partial charge on any atom is 0.0800 e. The third kappa shape index (κ3) is 2.48. The molecule has 0 aliphatic heterocycles. The summed E-state index contributed by atoms with van der Waals surface area (Å²) in [5.41, 5.74) is 5.71. The zero-order chi connectivity index (χ0) is 10.6. The molecule has 2 N–H and O–H groups in total. The van der Waals surface area contributed by atoms with Crippen molar-refractivity contribution in [1.82, 2.24) is 0 Å². The van der Waals surface area contributed by atoms with Gasteiger partial charge in [0.25, 0.3) is 0 Å². The van der Waals surface area contributed by atoms with Crippen molar-refractivity contribution in [3.05, 3.63) is 0 Å². The molecule has 0 radical (unpaired) electrons. The zero-order valence-electron chi connectivity index (χ0n) is 9.88. The predicted octanol–water partition coefficient (Wildman–Crippen LogP) is 2.57. The Kier molecular flexibility index (Phi) is 4.39. The van der Waals surface area contributed by atoms with Gasteiger partial charge in [0.1, 0.15) is 0 Å². The number of rotatable bonds is 4. The van der Waals surface area contributed by atoms with E-state index in [1.165, 1.54) is 32.1 Å². The van der Waals surface area contributed by atoms with Crippen LogP contribution in [0.4, 0.5) is 0 Å². The molecule has 0 aromatic rings. The van der Waals surface area contributed by atoms with Crippen LogP contribution in [0.2, 0.25) is 0 Å². The topological polar surface area (TPSA) is 35.2 Å². The first-order chi connectivity index (χ1) is 6.66. The first kappa shape index (κ1) is 12.0. The molecule has 0 bridgehead atoms. The quantitative estimate of drug-likeness (QED) is 0.755. The number of hydrogen-bond acceptors (Lipinski definition) is 2. The lowest BCUT2D eigenvalue weighted by molar-refractivity contribution is -0.0520. The molecule has 1 aliphatic carbocycles. The first-order valence-electron chi connectivity index (χ1n) is 5.91. The van der Waals surface area contributed by atoms with Gasteiger partial charge in [0.15, 0.2) is 0 Å². The summed E-state index contributed by atoms with van der Waals surface area (Å²) in [7, 11) is 1.79. The Morgan fingerprint density at radius 1 is 1.29 bits per heavy atom. The Bertz CT molecular complexity index is 158. The first-order valence-corrected chi connectivity index (χ1v) is 5.91. The average Bonchev–Trinajstić information content (AvgIpc) is 2.28. The van der Waals surface area contributed by atoms with E-state index in [9.17, 15) is 0 Å². The highest BCUT2D eigenvalue weighted by Gasteiger charge is 2.35. The average molecular weight is 199 g/mol. The van der Waals surface area contributed by atoms with E-state index in [-0.39, 0.29) is 5.60 Å². The smallest absolute Gasteiger partial charge is 0.0800 e. The van der Waals surface area contributed by atoms with E-state index in [1.54, 1.807) is 7.11 Å². The fraction of sp³-hybridized carbons (Fsp3) is 1.00. The van der Waals surface area contributed by atoms with Crippen LogP contribution < -0.4 is 5.73 Å². The van der Waals surface area contributed by atoms with Crippen LogP contribution in [0.25, 0.3) is 0 Å². The van der Waals surface area contributed by atoms with Crippen LogP contribution in [0.1, 0.15) is 46.0 Å². The fourth-order valence-corrected chi connectivity index (χ4v) is 2.60. The molecule has 84 valence electrons. The minimum atomic E-state index is -0.0846. The van der Waals surface area contributed by atoms with E-state index in [4.69, 9.17) is 10.5 Å². The molecule has 14 heavy (non-hydrogen) atoms. The summed E-state index contributed by atoms with van der Waals surface area (Å²) in [4.78, 5) is 0. The normalized spacial score (nSPS) is 32.6. The van der Waals surface area contributed by atoms with E-state index in [0.717, 1.165) is 5.92 Å². The molecule has 1 atom stereocenters. The maximum absolute atomic E-state index is 5.79. The molecular formula is C12H25NO. The van der Waals surface area contributed by atoms with Gasteiger partial charge in [-0.1, -0.05) is 26.2 Å². The molecule has 0 aromatic carbocycles. The number of nitrogens with two attached hydrogens (primary N) is 1. The summed E-state index contributed by atoms with van der Waals surface area (Å²) in [6.07, 6.45) is 6.64. The molecule has 1 rings (SSSR count). The summed E-state index contributed by atoms with van der Waals surface area (Å²) < 4.78 is 5.57. The summed E-state index contributed by atoms with van der Waals surface area (Å²) in [6, 6.07) is 0. The third-order valence-corrected chi connectivity index (χ3v) is 4.16. The van der Waals surface area contributed by atoms with Gasteiger partial charge in [-0.3, -0.25) is 0 Å². The van der Waals surface area contributed by atoms with Crippen molar-refractivity contribution in [3.63, 3.8) is 0 Å². The Morgan fingerprint density at radius 2 is 1.86 bits per heavy atom. The minimum absolute atomic E-state index is 0.0846. The Hall–Kier alpha value is -0.0800. The van der Waals surface area contributed by atoms with Crippen LogP contribution in [0.15, 0.2) is 0 Å². The van der Waals surface area contributed by atoms with Crippen molar-refractivity contribution < 1.29 is 4.74 Å². The van der Waals surface area contributed by atoms with Crippen LogP contribution in [0, 0.1) is 11.8 Å². The fourth-order valence-electron chi connectivity index (χ4n) is 2.60. The largest absolute Gasteiger partial charge is 0.377 e. The molecular weight excluding hydrogens is 174 g/mol. The molecule has 0 saturated heterocycles. The molecule has 0 spiro atoms. The van der Waals surface area contributed by atoms with Crippen LogP contribution in [0.5, 0.6) is 0 Å².